The Labute approximate surface area is 187 Å². The van der Waals surface area contributed by atoms with Gasteiger partial charge in [0.25, 0.3) is 0 Å². The first-order chi connectivity index (χ1) is 15.0. The molecule has 0 radical (unpaired) electrons. The smallest absolute Gasteiger partial charge is 0.201 e. The van der Waals surface area contributed by atoms with Gasteiger partial charge in [0, 0.05) is 10.0 Å². The first-order valence-corrected chi connectivity index (χ1v) is 10.7. The molecule has 0 heterocycles. The summed E-state index contributed by atoms with van der Waals surface area (Å²) in [4.78, 5) is 0. The van der Waals surface area contributed by atoms with E-state index < -0.39 is 17.2 Å². The monoisotopic (exact) mass is 474 g/mol. The highest BCUT2D eigenvalue weighted by atomic mass is 79.9. The van der Waals surface area contributed by atoms with Crippen LogP contribution >= 0.6 is 15.9 Å². The van der Waals surface area contributed by atoms with Crippen molar-refractivity contribution < 1.29 is 20.4 Å². The number of phenolic OH excluding ortho intramolecular Hbond substituents is 4. The van der Waals surface area contributed by atoms with Gasteiger partial charge < -0.3 is 20.4 Å². The van der Waals surface area contributed by atoms with Crippen LogP contribution in [0.3, 0.4) is 0 Å². The second-order valence-corrected chi connectivity index (χ2v) is 8.38. The first-order valence-electron chi connectivity index (χ1n) is 9.96. The van der Waals surface area contributed by atoms with Crippen LogP contribution in [0.1, 0.15) is 18.4 Å². The molecule has 0 bridgehead atoms. The zero-order valence-electron chi connectivity index (χ0n) is 16.4. The van der Waals surface area contributed by atoms with E-state index in [-0.39, 0.29) is 16.9 Å². The van der Waals surface area contributed by atoms with Crippen LogP contribution in [0.25, 0.3) is 38.2 Å². The van der Waals surface area contributed by atoms with Crippen molar-refractivity contribution in [1.29, 1.82) is 0 Å². The van der Waals surface area contributed by atoms with Gasteiger partial charge in [-0.3, -0.25) is 0 Å². The molecule has 0 saturated heterocycles. The lowest BCUT2D eigenvalue weighted by molar-refractivity contribution is 0.361. The van der Waals surface area contributed by atoms with Crippen molar-refractivity contribution in [2.75, 3.05) is 0 Å². The van der Waals surface area contributed by atoms with Crippen molar-refractivity contribution in [2.45, 2.75) is 12.8 Å². The Balaban J connectivity index is 1.99. The molecule has 0 saturated carbocycles. The van der Waals surface area contributed by atoms with Gasteiger partial charge in [0.2, 0.25) is 5.75 Å². The van der Waals surface area contributed by atoms with Gasteiger partial charge in [0.15, 0.2) is 11.5 Å². The molecule has 0 unspecified atom stereocenters. The normalized spacial score (nSPS) is 13.6. The predicted molar refractivity (Wildman–Crippen MR) is 128 cm³/mol. The molecular formula is C26H19BrO4. The van der Waals surface area contributed by atoms with Crippen molar-refractivity contribution >= 4 is 43.0 Å². The Morgan fingerprint density at radius 3 is 1.71 bits per heavy atom. The topological polar surface area (TPSA) is 80.9 Å². The Hall–Kier alpha value is -3.44. The summed E-state index contributed by atoms with van der Waals surface area (Å²) in [6.45, 7) is 0. The van der Waals surface area contributed by atoms with Gasteiger partial charge in [0.1, 0.15) is 5.75 Å². The number of hydrogen-bond donors (Lipinski definition) is 4. The fourth-order valence-electron chi connectivity index (χ4n) is 4.39. The molecular weight excluding hydrogens is 456 g/mol. The molecule has 0 amide bonds. The minimum Gasteiger partial charge on any atom is -0.506 e. The van der Waals surface area contributed by atoms with E-state index in [0.29, 0.717) is 17.6 Å². The Morgan fingerprint density at radius 2 is 1.16 bits per heavy atom. The summed E-state index contributed by atoms with van der Waals surface area (Å²) >= 11 is 3.70. The standard InChI is InChI=1S/C26H19BrO4/c27-22-17-12-6-4-10-15(17)20(16-11-5-7-13-18(16)22)21-23(28)19(14-8-2-1-3-9-14)24(29)26(31)25(21)30/h1-2,4-8,10-13,28-31H,3,9H2. The summed E-state index contributed by atoms with van der Waals surface area (Å²) in [5, 5.41) is 46.9. The fraction of sp³-hybridized carbons (Fsp3) is 0.0769. The van der Waals surface area contributed by atoms with Crippen LogP contribution in [0.5, 0.6) is 23.0 Å². The maximum Gasteiger partial charge on any atom is 0.201 e. The van der Waals surface area contributed by atoms with E-state index in [1.807, 2.05) is 60.7 Å². The molecule has 31 heavy (non-hydrogen) atoms. The number of halogens is 1. The quantitative estimate of drug-likeness (QED) is 0.143. The van der Waals surface area contributed by atoms with E-state index in [1.165, 1.54) is 0 Å². The van der Waals surface area contributed by atoms with Gasteiger partial charge >= 0.3 is 0 Å². The summed E-state index contributed by atoms with van der Waals surface area (Å²) in [5.74, 6) is -1.98. The molecule has 1 aliphatic carbocycles. The lowest BCUT2D eigenvalue weighted by Gasteiger charge is -2.21. The van der Waals surface area contributed by atoms with Crippen LogP contribution in [0.2, 0.25) is 0 Å². The second kappa shape index (κ2) is 7.36. The summed E-state index contributed by atoms with van der Waals surface area (Å²) in [6, 6.07) is 15.3. The fourth-order valence-corrected chi connectivity index (χ4v) is 5.09. The van der Waals surface area contributed by atoms with Crippen LogP contribution in [0, 0.1) is 0 Å². The highest BCUT2D eigenvalue weighted by Gasteiger charge is 2.28. The summed E-state index contributed by atoms with van der Waals surface area (Å²) in [7, 11) is 0. The summed E-state index contributed by atoms with van der Waals surface area (Å²) < 4.78 is 0.907. The van der Waals surface area contributed by atoms with Crippen LogP contribution < -0.4 is 0 Å². The van der Waals surface area contributed by atoms with Crippen molar-refractivity contribution in [2.24, 2.45) is 0 Å². The van der Waals surface area contributed by atoms with Gasteiger partial charge in [-0.15, -0.1) is 0 Å². The van der Waals surface area contributed by atoms with Crippen molar-refractivity contribution in [1.82, 2.24) is 0 Å². The lowest BCUT2D eigenvalue weighted by Crippen LogP contribution is -1.95. The van der Waals surface area contributed by atoms with E-state index >= 15 is 0 Å². The number of allylic oxidation sites excluding steroid dienone is 4. The molecule has 154 valence electrons. The first kappa shape index (κ1) is 19.5. The van der Waals surface area contributed by atoms with Crippen LogP contribution in [0.15, 0.2) is 71.2 Å². The van der Waals surface area contributed by atoms with E-state index in [2.05, 4.69) is 15.9 Å². The maximum atomic E-state index is 11.4. The van der Waals surface area contributed by atoms with Crippen LogP contribution in [-0.4, -0.2) is 20.4 Å². The second-order valence-electron chi connectivity index (χ2n) is 7.58. The highest BCUT2D eigenvalue weighted by molar-refractivity contribution is 9.10. The average Bonchev–Trinajstić information content (AvgIpc) is 2.80. The number of benzene rings is 4. The van der Waals surface area contributed by atoms with Crippen LogP contribution in [-0.2, 0) is 0 Å². The lowest BCUT2D eigenvalue weighted by atomic mass is 9.87. The van der Waals surface area contributed by atoms with Crippen molar-refractivity contribution in [3.05, 3.63) is 76.8 Å². The Bertz CT molecular complexity index is 1380. The van der Waals surface area contributed by atoms with E-state index in [9.17, 15) is 20.4 Å². The van der Waals surface area contributed by atoms with Crippen molar-refractivity contribution in [3.63, 3.8) is 0 Å². The minimum atomic E-state index is -0.644. The van der Waals surface area contributed by atoms with E-state index in [4.69, 9.17) is 0 Å². The van der Waals surface area contributed by atoms with E-state index in [0.717, 1.165) is 32.4 Å². The molecule has 0 aliphatic heterocycles. The largest absolute Gasteiger partial charge is 0.506 e. The molecule has 4 aromatic carbocycles. The molecule has 5 rings (SSSR count). The van der Waals surface area contributed by atoms with Crippen molar-refractivity contribution in [3.8, 4) is 34.1 Å². The number of rotatable bonds is 2. The molecule has 0 aromatic heterocycles. The third-order valence-corrected chi connectivity index (χ3v) is 6.70. The molecule has 0 spiro atoms. The highest BCUT2D eigenvalue weighted by Crippen LogP contribution is 2.56. The molecule has 4 aromatic rings. The Kier molecular flexibility index (Phi) is 4.63. The maximum absolute atomic E-state index is 11.4. The average molecular weight is 475 g/mol. The molecule has 4 nitrogen and oxygen atoms in total. The molecule has 1 aliphatic rings. The third-order valence-electron chi connectivity index (χ3n) is 5.85. The Morgan fingerprint density at radius 1 is 0.613 bits per heavy atom. The number of fused-ring (bicyclic) bond motifs is 2. The molecule has 0 atom stereocenters. The van der Waals surface area contributed by atoms with E-state index in [1.54, 1.807) is 6.08 Å². The van der Waals surface area contributed by atoms with Gasteiger partial charge in [-0.05, 0) is 55.9 Å². The van der Waals surface area contributed by atoms with Crippen LogP contribution in [0.4, 0.5) is 0 Å². The summed E-state index contributed by atoms with van der Waals surface area (Å²) in [6.07, 6.45) is 7.01. The number of phenols is 4. The number of hydrogen-bond acceptors (Lipinski definition) is 4. The van der Waals surface area contributed by atoms with Gasteiger partial charge in [-0.25, -0.2) is 0 Å². The SMILES string of the molecule is Oc1c(O)c(C2=CC=CCC2)c(O)c(-c2c3ccccc3c(Br)c3ccccc23)c1O. The minimum absolute atomic E-state index is 0.0978. The molecule has 5 heteroatoms. The van der Waals surface area contributed by atoms with Gasteiger partial charge in [-0.2, -0.15) is 0 Å². The third kappa shape index (κ3) is 2.88. The zero-order chi connectivity index (χ0) is 21.7. The zero-order valence-corrected chi connectivity index (χ0v) is 18.0. The molecule has 4 N–H and O–H groups in total. The van der Waals surface area contributed by atoms with Gasteiger partial charge in [0.05, 0.1) is 11.1 Å². The predicted octanol–water partition coefficient (Wildman–Crippen LogP) is 6.98. The molecule has 0 fully saturated rings. The van der Waals surface area contributed by atoms with Gasteiger partial charge in [-0.1, -0.05) is 66.8 Å². The summed E-state index contributed by atoms with van der Waals surface area (Å²) in [5.41, 5.74) is 1.53. The number of aromatic hydroxyl groups is 4.